The van der Waals surface area contributed by atoms with Crippen molar-refractivity contribution >= 4 is 28.7 Å². The van der Waals surface area contributed by atoms with Crippen molar-refractivity contribution in [3.05, 3.63) is 55.9 Å². The van der Waals surface area contributed by atoms with Gasteiger partial charge in [0.2, 0.25) is 0 Å². The van der Waals surface area contributed by atoms with Crippen LogP contribution < -0.4 is 15.4 Å². The molecule has 0 fully saturated rings. The number of nitrogens with two attached hydrogens (primary N) is 1. The van der Waals surface area contributed by atoms with Gasteiger partial charge in [0, 0.05) is 43.1 Å². The Bertz CT molecular complexity index is 1430. The summed E-state index contributed by atoms with van der Waals surface area (Å²) in [6.45, 7) is 0.894. The summed E-state index contributed by atoms with van der Waals surface area (Å²) in [5, 5.41) is 0.407. The number of amides is 1. The molecule has 0 radical (unpaired) electrons. The molecule has 1 atom stereocenters. The highest BCUT2D eigenvalue weighted by Crippen LogP contribution is 2.43. The number of thiazole rings is 1. The van der Waals surface area contributed by atoms with E-state index in [-0.39, 0.29) is 24.9 Å². The van der Waals surface area contributed by atoms with Crippen LogP contribution in [0.15, 0.2) is 12.1 Å². The predicted octanol–water partition coefficient (Wildman–Crippen LogP) is 4.15. The summed E-state index contributed by atoms with van der Waals surface area (Å²) in [6, 6.07) is 1.69. The molecule has 4 heterocycles. The molecule has 9 nitrogen and oxygen atoms in total. The lowest BCUT2D eigenvalue weighted by Gasteiger charge is -2.31. The largest absolute Gasteiger partial charge is 0.467 e. The number of nitrogen functional groups attached to an aromatic ring is 1. The molecule has 2 aliphatic rings. The SMILES string of the molecule is COc1nc2c(c(N3CCCc4nc(C(=O)N(C)C)sc4C3)n1)COC(c1c(C(F)(F)F)ccc(N)c1F)C2. The second-order valence-electron chi connectivity index (χ2n) is 9.50. The van der Waals surface area contributed by atoms with Crippen LogP contribution in [0, 0.1) is 5.82 Å². The Morgan fingerprint density at radius 3 is 2.69 bits per heavy atom. The average molecular weight is 567 g/mol. The van der Waals surface area contributed by atoms with Crippen LogP contribution in [0.3, 0.4) is 0 Å². The lowest BCUT2D eigenvalue weighted by molar-refractivity contribution is -0.140. The smallest absolute Gasteiger partial charge is 0.416 e. The van der Waals surface area contributed by atoms with Crippen molar-refractivity contribution in [3.8, 4) is 6.01 Å². The van der Waals surface area contributed by atoms with Gasteiger partial charge in [0.05, 0.1) is 49.0 Å². The first-order chi connectivity index (χ1) is 18.5. The number of anilines is 2. The maximum atomic E-state index is 15.0. The van der Waals surface area contributed by atoms with Gasteiger partial charge in [-0.3, -0.25) is 4.79 Å². The van der Waals surface area contributed by atoms with E-state index in [1.54, 1.807) is 14.1 Å². The third-order valence-corrected chi connectivity index (χ3v) is 7.79. The van der Waals surface area contributed by atoms with E-state index in [2.05, 4.69) is 15.0 Å². The third-order valence-electron chi connectivity index (χ3n) is 6.72. The Morgan fingerprint density at radius 2 is 2.00 bits per heavy atom. The van der Waals surface area contributed by atoms with Crippen molar-refractivity contribution in [2.24, 2.45) is 0 Å². The Balaban J connectivity index is 1.51. The number of rotatable bonds is 4. The van der Waals surface area contributed by atoms with Gasteiger partial charge < -0.3 is 25.0 Å². The quantitative estimate of drug-likeness (QED) is 0.371. The molecular weight excluding hydrogens is 540 g/mol. The van der Waals surface area contributed by atoms with Crippen LogP contribution in [0.25, 0.3) is 0 Å². The first kappa shape index (κ1) is 27.1. The van der Waals surface area contributed by atoms with Gasteiger partial charge in [-0.1, -0.05) is 0 Å². The van der Waals surface area contributed by atoms with E-state index >= 15 is 0 Å². The van der Waals surface area contributed by atoms with Crippen molar-refractivity contribution in [2.45, 2.75) is 44.7 Å². The van der Waals surface area contributed by atoms with E-state index in [1.807, 2.05) is 4.90 Å². The van der Waals surface area contributed by atoms with E-state index in [9.17, 15) is 22.4 Å². The first-order valence-electron chi connectivity index (χ1n) is 12.1. The minimum absolute atomic E-state index is 0.0331. The second kappa shape index (κ2) is 10.2. The molecule has 0 saturated carbocycles. The zero-order valence-corrected chi connectivity index (χ0v) is 22.2. The fourth-order valence-electron chi connectivity index (χ4n) is 4.80. The van der Waals surface area contributed by atoms with E-state index in [0.29, 0.717) is 41.6 Å². The molecule has 0 spiro atoms. The third kappa shape index (κ3) is 5.10. The molecular formula is C25H26F4N6O3S. The molecule has 2 aromatic heterocycles. The number of aryl methyl sites for hydroxylation is 1. The number of nitrogens with zero attached hydrogens (tertiary/aromatic N) is 5. The number of ether oxygens (including phenoxy) is 2. The highest BCUT2D eigenvalue weighted by molar-refractivity contribution is 7.13. The number of hydrogen-bond donors (Lipinski definition) is 1. The van der Waals surface area contributed by atoms with Crippen molar-refractivity contribution < 1.29 is 31.8 Å². The van der Waals surface area contributed by atoms with Crippen LogP contribution >= 0.6 is 11.3 Å². The fourth-order valence-corrected chi connectivity index (χ4v) is 5.94. The monoisotopic (exact) mass is 566 g/mol. The summed E-state index contributed by atoms with van der Waals surface area (Å²) in [4.78, 5) is 30.3. The Hall–Kier alpha value is -3.52. The predicted molar refractivity (Wildman–Crippen MR) is 135 cm³/mol. The van der Waals surface area contributed by atoms with E-state index < -0.39 is 34.9 Å². The van der Waals surface area contributed by atoms with Gasteiger partial charge >= 0.3 is 12.2 Å². The molecule has 1 unspecified atom stereocenters. The van der Waals surface area contributed by atoms with Crippen LogP contribution in [0.2, 0.25) is 0 Å². The summed E-state index contributed by atoms with van der Waals surface area (Å²) in [5.41, 5.74) is 5.28. The van der Waals surface area contributed by atoms with Crippen molar-refractivity contribution in [3.63, 3.8) is 0 Å². The minimum atomic E-state index is -4.80. The van der Waals surface area contributed by atoms with Crippen LogP contribution in [-0.2, 0) is 36.9 Å². The lowest BCUT2D eigenvalue weighted by atomic mass is 9.94. The number of fused-ring (bicyclic) bond motifs is 2. The number of carbonyl (C=O) groups excluding carboxylic acids is 1. The zero-order valence-electron chi connectivity index (χ0n) is 21.4. The van der Waals surface area contributed by atoms with Crippen molar-refractivity contribution in [2.75, 3.05) is 38.4 Å². The number of carbonyl (C=O) groups is 1. The Morgan fingerprint density at radius 1 is 1.23 bits per heavy atom. The summed E-state index contributed by atoms with van der Waals surface area (Å²) in [7, 11) is 4.73. The average Bonchev–Trinajstić information content (AvgIpc) is 3.19. The summed E-state index contributed by atoms with van der Waals surface area (Å²) < 4.78 is 67.3. The number of aromatic nitrogens is 3. The molecule has 208 valence electrons. The maximum absolute atomic E-state index is 15.0. The normalized spacial score (nSPS) is 17.3. The Labute approximate surface area is 225 Å². The molecule has 39 heavy (non-hydrogen) atoms. The molecule has 2 N–H and O–H groups in total. The van der Waals surface area contributed by atoms with Gasteiger partial charge in [-0.25, -0.2) is 9.37 Å². The minimum Gasteiger partial charge on any atom is -0.467 e. The molecule has 1 aromatic carbocycles. The molecule has 0 saturated heterocycles. The number of methoxy groups -OCH3 is 1. The number of alkyl halides is 3. The number of halogens is 4. The number of hydrogen-bond acceptors (Lipinski definition) is 9. The number of benzene rings is 1. The molecule has 3 aromatic rings. The fraction of sp³-hybridized carbons (Fsp3) is 0.440. The molecule has 2 aliphatic heterocycles. The van der Waals surface area contributed by atoms with Crippen LogP contribution in [0.1, 0.15) is 55.3 Å². The van der Waals surface area contributed by atoms with Gasteiger partial charge in [0.1, 0.15) is 5.82 Å². The van der Waals surface area contributed by atoms with Crippen molar-refractivity contribution in [1.29, 1.82) is 0 Å². The van der Waals surface area contributed by atoms with Gasteiger partial charge in [-0.2, -0.15) is 23.1 Å². The van der Waals surface area contributed by atoms with Gasteiger partial charge in [0.15, 0.2) is 10.8 Å². The van der Waals surface area contributed by atoms with E-state index in [1.165, 1.54) is 23.3 Å². The molecule has 1 amide bonds. The van der Waals surface area contributed by atoms with E-state index in [4.69, 9.17) is 15.2 Å². The summed E-state index contributed by atoms with van der Waals surface area (Å²) in [6.07, 6.45) is -4.78. The summed E-state index contributed by atoms with van der Waals surface area (Å²) >= 11 is 1.33. The maximum Gasteiger partial charge on any atom is 0.416 e. The van der Waals surface area contributed by atoms with Gasteiger partial charge in [-0.05, 0) is 25.0 Å². The second-order valence-corrected chi connectivity index (χ2v) is 10.6. The van der Waals surface area contributed by atoms with Gasteiger partial charge in [-0.15, -0.1) is 11.3 Å². The van der Waals surface area contributed by atoms with Gasteiger partial charge in [0.25, 0.3) is 5.91 Å². The molecule has 14 heteroatoms. The van der Waals surface area contributed by atoms with Crippen LogP contribution in [0.4, 0.5) is 29.1 Å². The topological polar surface area (TPSA) is 107 Å². The highest BCUT2D eigenvalue weighted by atomic mass is 32.1. The Kier molecular flexibility index (Phi) is 7.10. The zero-order chi connectivity index (χ0) is 28.1. The van der Waals surface area contributed by atoms with E-state index in [0.717, 1.165) is 29.1 Å². The lowest BCUT2D eigenvalue weighted by Crippen LogP contribution is -2.29. The van der Waals surface area contributed by atoms with Crippen LogP contribution in [-0.4, -0.2) is 53.5 Å². The van der Waals surface area contributed by atoms with Crippen molar-refractivity contribution in [1.82, 2.24) is 19.9 Å². The first-order valence-corrected chi connectivity index (χ1v) is 12.9. The molecule has 0 aliphatic carbocycles. The molecule has 0 bridgehead atoms. The summed E-state index contributed by atoms with van der Waals surface area (Å²) in [5.74, 6) is -0.818. The van der Waals surface area contributed by atoms with Crippen LogP contribution in [0.5, 0.6) is 6.01 Å². The standard InChI is InChI=1S/C25H26F4N6O3S/c1-34(2)23(36)22-31-15-5-4-8-35(10-18(15)39-22)21-12-11-38-17(9-16(12)32-24(33-21)37-3)19-13(25(27,28)29)6-7-14(30)20(19)26/h6-7,17H,4-5,8-11,30H2,1-3H3. The molecule has 5 rings (SSSR count). The highest BCUT2D eigenvalue weighted by Gasteiger charge is 2.40.